The molecule has 0 aliphatic carbocycles. The van der Waals surface area contributed by atoms with Crippen LogP contribution in [0.2, 0.25) is 0 Å². The van der Waals surface area contributed by atoms with Crippen molar-refractivity contribution < 1.29 is 0 Å². The number of aromatic nitrogens is 2. The normalized spacial score (nSPS) is 12.9. The highest BCUT2D eigenvalue weighted by Gasteiger charge is 2.25. The van der Waals surface area contributed by atoms with Gasteiger partial charge in [-0.05, 0) is 19.0 Å². The molecule has 0 fully saturated rings. The Bertz CT molecular complexity index is 350. The molecule has 0 saturated carbocycles. The molecule has 0 bridgehead atoms. The maximum atomic E-state index is 5.62. The van der Waals surface area contributed by atoms with Gasteiger partial charge in [0, 0.05) is 22.7 Å². The Morgan fingerprint density at radius 1 is 1.19 bits per heavy atom. The molecule has 1 aromatic rings. The van der Waals surface area contributed by atoms with Crippen molar-refractivity contribution in [3.8, 4) is 0 Å². The molecule has 1 aromatic heterocycles. The number of hydrogen-bond donors (Lipinski definition) is 1. The van der Waals surface area contributed by atoms with Gasteiger partial charge in [-0.3, -0.25) is 0 Å². The lowest BCUT2D eigenvalue weighted by molar-refractivity contribution is 0.447. The van der Waals surface area contributed by atoms with Crippen molar-refractivity contribution >= 4 is 0 Å². The van der Waals surface area contributed by atoms with Gasteiger partial charge >= 0.3 is 0 Å². The standard InChI is InChI=1S/C13H23N3/c1-12(2,3)10-6-9-15-11(16-10)13(4,5)7-8-14/h6,9H,7-8,14H2,1-5H3. The summed E-state index contributed by atoms with van der Waals surface area (Å²) in [6, 6.07) is 1.99. The lowest BCUT2D eigenvalue weighted by Crippen LogP contribution is -2.26. The van der Waals surface area contributed by atoms with Crippen molar-refractivity contribution in [2.24, 2.45) is 5.73 Å². The Morgan fingerprint density at radius 2 is 1.81 bits per heavy atom. The van der Waals surface area contributed by atoms with Crippen LogP contribution in [0.5, 0.6) is 0 Å². The van der Waals surface area contributed by atoms with E-state index < -0.39 is 0 Å². The van der Waals surface area contributed by atoms with E-state index in [4.69, 9.17) is 5.73 Å². The zero-order valence-corrected chi connectivity index (χ0v) is 11.0. The lowest BCUT2D eigenvalue weighted by atomic mass is 9.87. The minimum atomic E-state index is -0.0456. The van der Waals surface area contributed by atoms with Crippen LogP contribution in [0.1, 0.15) is 52.6 Å². The third kappa shape index (κ3) is 3.01. The molecule has 0 saturated heterocycles. The lowest BCUT2D eigenvalue weighted by Gasteiger charge is -2.25. The number of hydrogen-bond acceptors (Lipinski definition) is 3. The molecule has 0 atom stereocenters. The summed E-state index contributed by atoms with van der Waals surface area (Å²) in [6.45, 7) is 11.4. The van der Waals surface area contributed by atoms with Crippen molar-refractivity contribution in [3.05, 3.63) is 23.8 Å². The van der Waals surface area contributed by atoms with Gasteiger partial charge in [0.1, 0.15) is 5.82 Å². The van der Waals surface area contributed by atoms with Gasteiger partial charge in [0.05, 0.1) is 0 Å². The molecule has 0 spiro atoms. The fraction of sp³-hybridized carbons (Fsp3) is 0.692. The summed E-state index contributed by atoms with van der Waals surface area (Å²) >= 11 is 0. The van der Waals surface area contributed by atoms with E-state index in [2.05, 4.69) is 44.6 Å². The summed E-state index contributed by atoms with van der Waals surface area (Å²) in [5.41, 5.74) is 6.73. The van der Waals surface area contributed by atoms with E-state index >= 15 is 0 Å². The third-order valence-electron chi connectivity index (χ3n) is 2.80. The van der Waals surface area contributed by atoms with Crippen molar-refractivity contribution in [2.45, 2.75) is 51.9 Å². The summed E-state index contributed by atoms with van der Waals surface area (Å²) in [5.74, 6) is 0.894. The van der Waals surface area contributed by atoms with E-state index in [0.29, 0.717) is 6.54 Å². The van der Waals surface area contributed by atoms with Crippen LogP contribution in [-0.4, -0.2) is 16.5 Å². The second kappa shape index (κ2) is 4.50. The molecule has 0 aromatic carbocycles. The molecule has 90 valence electrons. The van der Waals surface area contributed by atoms with Gasteiger partial charge in [0.2, 0.25) is 0 Å². The largest absolute Gasteiger partial charge is 0.330 e. The van der Waals surface area contributed by atoms with Crippen LogP contribution in [0.25, 0.3) is 0 Å². The topological polar surface area (TPSA) is 51.8 Å². The number of rotatable bonds is 3. The van der Waals surface area contributed by atoms with Crippen molar-refractivity contribution in [2.75, 3.05) is 6.54 Å². The van der Waals surface area contributed by atoms with Gasteiger partial charge in [-0.1, -0.05) is 34.6 Å². The fourth-order valence-corrected chi connectivity index (χ4v) is 1.58. The van der Waals surface area contributed by atoms with E-state index in [1.807, 2.05) is 12.3 Å². The molecule has 0 unspecified atom stereocenters. The van der Waals surface area contributed by atoms with E-state index in [1.54, 1.807) is 0 Å². The molecule has 0 radical (unpaired) electrons. The Morgan fingerprint density at radius 3 is 2.31 bits per heavy atom. The minimum absolute atomic E-state index is 0.0456. The maximum Gasteiger partial charge on any atom is 0.134 e. The smallest absolute Gasteiger partial charge is 0.134 e. The van der Waals surface area contributed by atoms with Gasteiger partial charge in [0.25, 0.3) is 0 Å². The van der Waals surface area contributed by atoms with Crippen molar-refractivity contribution in [1.29, 1.82) is 0 Å². The van der Waals surface area contributed by atoms with Crippen LogP contribution in [0.3, 0.4) is 0 Å². The van der Waals surface area contributed by atoms with E-state index in [-0.39, 0.29) is 10.8 Å². The molecular formula is C13H23N3. The SMILES string of the molecule is CC(C)(C)c1ccnc(C(C)(C)CCN)n1. The second-order valence-electron chi connectivity index (χ2n) is 5.94. The zero-order valence-electron chi connectivity index (χ0n) is 11.0. The summed E-state index contributed by atoms with van der Waals surface area (Å²) < 4.78 is 0. The van der Waals surface area contributed by atoms with Crippen LogP contribution in [0.4, 0.5) is 0 Å². The molecular weight excluding hydrogens is 198 g/mol. The molecule has 0 aliphatic heterocycles. The summed E-state index contributed by atoms with van der Waals surface area (Å²) in [5, 5.41) is 0. The van der Waals surface area contributed by atoms with Gasteiger partial charge in [0.15, 0.2) is 0 Å². The van der Waals surface area contributed by atoms with Crippen molar-refractivity contribution in [3.63, 3.8) is 0 Å². The van der Waals surface area contributed by atoms with Gasteiger partial charge in [-0.25, -0.2) is 9.97 Å². The zero-order chi connectivity index (χ0) is 12.4. The highest BCUT2D eigenvalue weighted by atomic mass is 14.9. The van der Waals surface area contributed by atoms with Crippen LogP contribution in [-0.2, 0) is 10.8 Å². The Labute approximate surface area is 98.5 Å². The summed E-state index contributed by atoms with van der Waals surface area (Å²) in [4.78, 5) is 9.04. The Balaban J connectivity index is 3.08. The number of nitrogens with zero attached hydrogens (tertiary/aromatic N) is 2. The van der Waals surface area contributed by atoms with Crippen LogP contribution < -0.4 is 5.73 Å². The van der Waals surface area contributed by atoms with Crippen LogP contribution in [0, 0.1) is 0 Å². The van der Waals surface area contributed by atoms with E-state index in [9.17, 15) is 0 Å². The predicted molar refractivity (Wildman–Crippen MR) is 67.4 cm³/mol. The molecule has 0 amide bonds. The molecule has 3 heteroatoms. The molecule has 2 N–H and O–H groups in total. The number of nitrogens with two attached hydrogens (primary N) is 1. The first-order valence-corrected chi connectivity index (χ1v) is 5.81. The highest BCUT2D eigenvalue weighted by Crippen LogP contribution is 2.26. The highest BCUT2D eigenvalue weighted by molar-refractivity contribution is 5.15. The van der Waals surface area contributed by atoms with E-state index in [0.717, 1.165) is 17.9 Å². The van der Waals surface area contributed by atoms with Gasteiger partial charge < -0.3 is 5.73 Å². The summed E-state index contributed by atoms with van der Waals surface area (Å²) in [6.07, 6.45) is 2.75. The van der Waals surface area contributed by atoms with E-state index in [1.165, 1.54) is 0 Å². The van der Waals surface area contributed by atoms with Crippen LogP contribution in [0.15, 0.2) is 12.3 Å². The minimum Gasteiger partial charge on any atom is -0.330 e. The first-order valence-electron chi connectivity index (χ1n) is 5.81. The second-order valence-corrected chi connectivity index (χ2v) is 5.94. The quantitative estimate of drug-likeness (QED) is 0.852. The maximum absolute atomic E-state index is 5.62. The third-order valence-corrected chi connectivity index (χ3v) is 2.80. The van der Waals surface area contributed by atoms with Crippen molar-refractivity contribution in [1.82, 2.24) is 9.97 Å². The summed E-state index contributed by atoms with van der Waals surface area (Å²) in [7, 11) is 0. The molecule has 1 heterocycles. The van der Waals surface area contributed by atoms with Crippen LogP contribution >= 0.6 is 0 Å². The molecule has 16 heavy (non-hydrogen) atoms. The first-order chi connectivity index (χ1) is 7.27. The molecule has 0 aliphatic rings. The van der Waals surface area contributed by atoms with Gasteiger partial charge in [-0.2, -0.15) is 0 Å². The van der Waals surface area contributed by atoms with Gasteiger partial charge in [-0.15, -0.1) is 0 Å². The Hall–Kier alpha value is -0.960. The molecule has 1 rings (SSSR count). The Kier molecular flexibility index (Phi) is 3.68. The fourth-order valence-electron chi connectivity index (χ4n) is 1.58. The first kappa shape index (κ1) is 13.1. The molecule has 3 nitrogen and oxygen atoms in total. The average Bonchev–Trinajstić information content (AvgIpc) is 2.16. The average molecular weight is 221 g/mol. The monoisotopic (exact) mass is 221 g/mol. The predicted octanol–water partition coefficient (Wildman–Crippen LogP) is 2.40.